The zero-order valence-corrected chi connectivity index (χ0v) is 18.3. The Hall–Kier alpha value is -3.78. The third kappa shape index (κ3) is 4.17. The van der Waals surface area contributed by atoms with Gasteiger partial charge in [-0.1, -0.05) is 48.5 Å². The van der Waals surface area contributed by atoms with E-state index in [-0.39, 0.29) is 16.1 Å². The average molecular weight is 448 g/mol. The minimum absolute atomic E-state index is 0.128. The van der Waals surface area contributed by atoms with Crippen molar-refractivity contribution in [2.75, 3.05) is 6.26 Å². The molecule has 0 aliphatic heterocycles. The molecule has 0 radical (unpaired) electrons. The first-order chi connectivity index (χ1) is 15.3. The van der Waals surface area contributed by atoms with Crippen LogP contribution >= 0.6 is 0 Å². The molecule has 1 amide bonds. The largest absolute Gasteiger partial charge is 0.344 e. The van der Waals surface area contributed by atoms with Crippen molar-refractivity contribution in [3.8, 4) is 5.69 Å². The number of aromatic nitrogens is 2. The number of nitrogens with zero attached hydrogens (tertiary/aromatic N) is 2. The molecule has 0 spiro atoms. The Balaban J connectivity index is 1.72. The molecule has 1 atom stereocenters. The number of nitrogens with one attached hydrogen (secondary N) is 1. The topological polar surface area (TPSA) is 98.1 Å². The monoisotopic (exact) mass is 447 g/mol. The number of para-hydroxylation sites is 1. The van der Waals surface area contributed by atoms with Crippen LogP contribution in [0.25, 0.3) is 16.5 Å². The van der Waals surface area contributed by atoms with E-state index in [2.05, 4.69) is 10.4 Å². The Morgan fingerprint density at radius 3 is 2.12 bits per heavy atom. The fraction of sp³-hybridized carbons (Fsp3) is 0.125. The van der Waals surface area contributed by atoms with E-state index in [4.69, 9.17) is 0 Å². The van der Waals surface area contributed by atoms with Gasteiger partial charge in [0.05, 0.1) is 22.0 Å². The van der Waals surface area contributed by atoms with Gasteiger partial charge in [-0.05, 0) is 42.8 Å². The fourth-order valence-electron chi connectivity index (χ4n) is 3.45. The summed E-state index contributed by atoms with van der Waals surface area (Å²) in [6.45, 7) is 1.79. The van der Waals surface area contributed by atoms with E-state index in [0.29, 0.717) is 16.5 Å². The Bertz CT molecular complexity index is 1460. The van der Waals surface area contributed by atoms with E-state index in [9.17, 15) is 18.0 Å². The van der Waals surface area contributed by atoms with E-state index >= 15 is 0 Å². The van der Waals surface area contributed by atoms with Crippen molar-refractivity contribution in [1.82, 2.24) is 15.1 Å². The van der Waals surface area contributed by atoms with Crippen molar-refractivity contribution in [3.05, 3.63) is 100 Å². The number of benzene rings is 3. The van der Waals surface area contributed by atoms with Crippen LogP contribution in [0.2, 0.25) is 0 Å². The Morgan fingerprint density at radius 2 is 1.50 bits per heavy atom. The van der Waals surface area contributed by atoms with E-state index in [1.165, 1.54) is 16.8 Å². The maximum absolute atomic E-state index is 13.2. The van der Waals surface area contributed by atoms with E-state index in [1.807, 2.05) is 6.07 Å². The fourth-order valence-corrected chi connectivity index (χ4v) is 4.08. The molecule has 0 aliphatic carbocycles. The number of hydrogen-bond acceptors (Lipinski definition) is 5. The molecule has 0 bridgehead atoms. The number of fused-ring (bicyclic) bond motifs is 1. The van der Waals surface area contributed by atoms with Gasteiger partial charge in [0.2, 0.25) is 0 Å². The number of hydrogen-bond donors (Lipinski definition) is 1. The van der Waals surface area contributed by atoms with Crippen molar-refractivity contribution in [1.29, 1.82) is 0 Å². The second-order valence-electron chi connectivity index (χ2n) is 7.48. The molecule has 0 saturated heterocycles. The third-order valence-corrected chi connectivity index (χ3v) is 6.31. The molecule has 0 saturated carbocycles. The molecule has 1 heterocycles. The molecule has 4 aromatic rings. The Morgan fingerprint density at radius 1 is 0.906 bits per heavy atom. The maximum atomic E-state index is 13.2. The number of carbonyl (C=O) groups is 1. The molecule has 1 aromatic heterocycles. The van der Waals surface area contributed by atoms with Crippen LogP contribution in [-0.4, -0.2) is 30.4 Å². The van der Waals surface area contributed by atoms with Gasteiger partial charge in [-0.15, -0.1) is 0 Å². The highest BCUT2D eigenvalue weighted by Gasteiger charge is 2.19. The van der Waals surface area contributed by atoms with Gasteiger partial charge in [-0.25, -0.2) is 8.42 Å². The molecule has 7 nitrogen and oxygen atoms in total. The molecule has 0 aliphatic rings. The summed E-state index contributed by atoms with van der Waals surface area (Å²) in [5, 5.41) is 8.12. The molecule has 1 N–H and O–H groups in total. The number of carbonyl (C=O) groups excluding carboxylic acids is 1. The Kier molecular flexibility index (Phi) is 5.63. The van der Waals surface area contributed by atoms with Gasteiger partial charge in [0.1, 0.15) is 0 Å². The first-order valence-electron chi connectivity index (χ1n) is 9.94. The van der Waals surface area contributed by atoms with Crippen molar-refractivity contribution in [2.45, 2.75) is 17.9 Å². The quantitative estimate of drug-likeness (QED) is 0.506. The molecule has 4 rings (SSSR count). The second kappa shape index (κ2) is 8.39. The van der Waals surface area contributed by atoms with E-state index in [0.717, 1.165) is 11.8 Å². The van der Waals surface area contributed by atoms with Crippen molar-refractivity contribution < 1.29 is 13.2 Å². The van der Waals surface area contributed by atoms with Gasteiger partial charge >= 0.3 is 0 Å². The second-order valence-corrected chi connectivity index (χ2v) is 9.50. The lowest BCUT2D eigenvalue weighted by Crippen LogP contribution is -2.31. The average Bonchev–Trinajstić information content (AvgIpc) is 2.79. The van der Waals surface area contributed by atoms with Gasteiger partial charge in [0, 0.05) is 11.6 Å². The lowest BCUT2D eigenvalue weighted by Gasteiger charge is -2.16. The number of amides is 1. The minimum Gasteiger partial charge on any atom is -0.344 e. The zero-order valence-electron chi connectivity index (χ0n) is 17.5. The molecule has 3 aromatic carbocycles. The predicted molar refractivity (Wildman–Crippen MR) is 123 cm³/mol. The van der Waals surface area contributed by atoms with Crippen LogP contribution in [0.5, 0.6) is 0 Å². The molecule has 8 heteroatoms. The lowest BCUT2D eigenvalue weighted by molar-refractivity contribution is 0.0935. The van der Waals surface area contributed by atoms with Gasteiger partial charge in [-0.3, -0.25) is 9.59 Å². The molecule has 162 valence electrons. The predicted octanol–water partition coefficient (Wildman–Crippen LogP) is 3.28. The first-order valence-corrected chi connectivity index (χ1v) is 11.8. The van der Waals surface area contributed by atoms with Crippen LogP contribution in [0.3, 0.4) is 0 Å². The summed E-state index contributed by atoms with van der Waals surface area (Å²) in [5.74, 6) is -0.439. The van der Waals surface area contributed by atoms with Crippen molar-refractivity contribution >= 4 is 26.5 Å². The SMILES string of the molecule is CC(NC(=O)c1nn(-c2ccccc2)c(=O)c2ccccc12)c1ccc(S(C)(=O)=O)cc1. The number of sulfone groups is 1. The van der Waals surface area contributed by atoms with Crippen LogP contribution in [0.15, 0.2) is 88.6 Å². The zero-order chi connectivity index (χ0) is 22.9. The maximum Gasteiger partial charge on any atom is 0.279 e. The summed E-state index contributed by atoms with van der Waals surface area (Å²) in [6.07, 6.45) is 1.14. The van der Waals surface area contributed by atoms with Crippen LogP contribution in [-0.2, 0) is 9.84 Å². The van der Waals surface area contributed by atoms with Gasteiger partial charge in [-0.2, -0.15) is 9.78 Å². The number of rotatable bonds is 5. The molecule has 32 heavy (non-hydrogen) atoms. The molecular weight excluding hydrogens is 426 g/mol. The van der Waals surface area contributed by atoms with Crippen LogP contribution in [0.4, 0.5) is 0 Å². The summed E-state index contributed by atoms with van der Waals surface area (Å²) >= 11 is 0. The van der Waals surface area contributed by atoms with Gasteiger partial charge in [0.15, 0.2) is 15.5 Å². The smallest absolute Gasteiger partial charge is 0.279 e. The third-order valence-electron chi connectivity index (χ3n) is 5.18. The lowest BCUT2D eigenvalue weighted by atomic mass is 10.1. The molecular formula is C24H21N3O4S. The summed E-state index contributed by atoms with van der Waals surface area (Å²) in [4.78, 5) is 26.4. The highest BCUT2D eigenvalue weighted by Crippen LogP contribution is 2.19. The van der Waals surface area contributed by atoms with Crippen LogP contribution in [0, 0.1) is 0 Å². The molecule has 1 unspecified atom stereocenters. The highest BCUT2D eigenvalue weighted by molar-refractivity contribution is 7.90. The van der Waals surface area contributed by atoms with Gasteiger partial charge in [0.25, 0.3) is 11.5 Å². The summed E-state index contributed by atoms with van der Waals surface area (Å²) < 4.78 is 24.6. The van der Waals surface area contributed by atoms with E-state index < -0.39 is 21.8 Å². The van der Waals surface area contributed by atoms with Crippen LogP contribution in [0.1, 0.15) is 29.0 Å². The van der Waals surface area contributed by atoms with Crippen molar-refractivity contribution in [2.24, 2.45) is 0 Å². The minimum atomic E-state index is -3.30. The summed E-state index contributed by atoms with van der Waals surface area (Å²) in [6, 6.07) is 21.7. The first kappa shape index (κ1) is 21.5. The Labute approximate surface area is 185 Å². The summed E-state index contributed by atoms with van der Waals surface area (Å²) in [7, 11) is -3.30. The standard InChI is InChI=1S/C24H21N3O4S/c1-16(17-12-14-19(15-13-17)32(2,30)31)25-23(28)22-20-10-6-7-11-21(20)24(29)27(26-22)18-8-4-3-5-9-18/h3-16H,1-2H3,(H,25,28). The van der Waals surface area contributed by atoms with E-state index in [1.54, 1.807) is 67.6 Å². The van der Waals surface area contributed by atoms with Crippen LogP contribution < -0.4 is 10.9 Å². The molecule has 0 fully saturated rings. The normalized spacial score (nSPS) is 12.4. The summed E-state index contributed by atoms with van der Waals surface area (Å²) in [5.41, 5.74) is 1.12. The highest BCUT2D eigenvalue weighted by atomic mass is 32.2. The van der Waals surface area contributed by atoms with Crippen molar-refractivity contribution in [3.63, 3.8) is 0 Å². The van der Waals surface area contributed by atoms with Gasteiger partial charge < -0.3 is 5.32 Å².